The first kappa shape index (κ1) is 14.3. The second kappa shape index (κ2) is 4.83. The van der Waals surface area contributed by atoms with Gasteiger partial charge < -0.3 is 0 Å². The van der Waals surface area contributed by atoms with Gasteiger partial charge in [-0.2, -0.15) is 5.26 Å². The second-order valence-corrected chi connectivity index (χ2v) is 5.55. The highest BCUT2D eigenvalue weighted by Crippen LogP contribution is 2.34. The molecule has 0 saturated heterocycles. The lowest BCUT2D eigenvalue weighted by Crippen LogP contribution is -2.03. The van der Waals surface area contributed by atoms with Gasteiger partial charge in [-0.15, -0.1) is 0 Å². The molecular formula is C8H3ClF2N2O4S. The summed E-state index contributed by atoms with van der Waals surface area (Å²) in [6.45, 7) is 0. The van der Waals surface area contributed by atoms with Gasteiger partial charge in [-0.05, 0) is 6.07 Å². The van der Waals surface area contributed by atoms with Crippen LogP contribution in [0.15, 0.2) is 17.0 Å². The first-order chi connectivity index (χ1) is 8.18. The molecule has 0 bridgehead atoms. The van der Waals surface area contributed by atoms with Crippen molar-refractivity contribution in [3.8, 4) is 6.07 Å². The summed E-state index contributed by atoms with van der Waals surface area (Å²) in [7, 11) is 0.332. The third kappa shape index (κ3) is 2.72. The van der Waals surface area contributed by atoms with Crippen LogP contribution in [0.3, 0.4) is 0 Å². The minimum Gasteiger partial charge on any atom is -0.258 e. The Kier molecular flexibility index (Phi) is 3.83. The van der Waals surface area contributed by atoms with Crippen molar-refractivity contribution in [3.05, 3.63) is 33.4 Å². The number of nitrogens with zero attached hydrogens (tertiary/aromatic N) is 2. The summed E-state index contributed by atoms with van der Waals surface area (Å²) in [6, 6.07) is 2.13. The van der Waals surface area contributed by atoms with Crippen molar-refractivity contribution >= 4 is 25.4 Å². The molecule has 1 rings (SSSR count). The molecule has 0 heterocycles. The van der Waals surface area contributed by atoms with E-state index in [0.29, 0.717) is 12.1 Å². The Hall–Kier alpha value is -1.79. The first-order valence-corrected chi connectivity index (χ1v) is 6.44. The molecule has 0 atom stereocenters. The molecule has 0 aliphatic heterocycles. The number of nitro groups is 1. The molecule has 0 fully saturated rings. The number of benzene rings is 1. The highest BCUT2D eigenvalue weighted by molar-refractivity contribution is 8.13. The molecule has 0 saturated carbocycles. The van der Waals surface area contributed by atoms with Crippen LogP contribution in [-0.4, -0.2) is 13.3 Å². The summed E-state index contributed by atoms with van der Waals surface area (Å²) < 4.78 is 47.3. The van der Waals surface area contributed by atoms with Crippen LogP contribution in [0.5, 0.6) is 0 Å². The Morgan fingerprint density at radius 2 is 2.00 bits per heavy atom. The molecule has 0 N–H and O–H groups in total. The molecule has 1 aromatic rings. The predicted molar refractivity (Wildman–Crippen MR) is 55.8 cm³/mol. The third-order valence-corrected chi connectivity index (χ3v) is 3.32. The van der Waals surface area contributed by atoms with Gasteiger partial charge in [-0.1, -0.05) is 0 Å². The standard InChI is InChI=1S/C8H3ClF2N2O4S/c9-18(16,17)7-2-6(13(14)15)4(3-12)1-5(7)8(10)11/h1-2,8H. The van der Waals surface area contributed by atoms with E-state index < -0.39 is 42.1 Å². The third-order valence-electron chi connectivity index (χ3n) is 1.94. The van der Waals surface area contributed by atoms with Crippen molar-refractivity contribution in [3.63, 3.8) is 0 Å². The fraction of sp³-hybridized carbons (Fsp3) is 0.125. The Balaban J connectivity index is 3.76. The van der Waals surface area contributed by atoms with Crippen LogP contribution in [0.2, 0.25) is 0 Å². The van der Waals surface area contributed by atoms with Crippen molar-refractivity contribution in [1.82, 2.24) is 0 Å². The van der Waals surface area contributed by atoms with Gasteiger partial charge in [0.05, 0.1) is 9.82 Å². The van der Waals surface area contributed by atoms with Gasteiger partial charge in [-0.25, -0.2) is 17.2 Å². The van der Waals surface area contributed by atoms with Crippen LogP contribution < -0.4 is 0 Å². The van der Waals surface area contributed by atoms with Crippen LogP contribution in [0.4, 0.5) is 14.5 Å². The van der Waals surface area contributed by atoms with E-state index >= 15 is 0 Å². The molecule has 0 aromatic heterocycles. The largest absolute Gasteiger partial charge is 0.288 e. The molecule has 0 aliphatic rings. The Labute approximate surface area is 104 Å². The number of nitro benzene ring substituents is 1. The SMILES string of the molecule is N#Cc1cc(C(F)F)c(S(=O)(=O)Cl)cc1[N+](=O)[O-]. The van der Waals surface area contributed by atoms with Gasteiger partial charge in [-0.3, -0.25) is 10.1 Å². The number of halogens is 3. The van der Waals surface area contributed by atoms with Gasteiger partial charge in [0.15, 0.2) is 0 Å². The molecule has 6 nitrogen and oxygen atoms in total. The summed E-state index contributed by atoms with van der Waals surface area (Å²) in [5, 5.41) is 19.2. The number of rotatable bonds is 3. The fourth-order valence-corrected chi connectivity index (χ4v) is 2.29. The molecule has 0 amide bonds. The molecule has 0 radical (unpaired) electrons. The van der Waals surface area contributed by atoms with E-state index in [4.69, 9.17) is 15.9 Å². The summed E-state index contributed by atoms with van der Waals surface area (Å²) in [5.74, 6) is 0. The minimum atomic E-state index is -4.58. The molecular weight excluding hydrogens is 294 g/mol. The second-order valence-electron chi connectivity index (χ2n) is 3.01. The van der Waals surface area contributed by atoms with E-state index in [2.05, 4.69) is 0 Å². The Bertz CT molecular complexity index is 654. The van der Waals surface area contributed by atoms with E-state index in [1.807, 2.05) is 0 Å². The zero-order chi connectivity index (χ0) is 14.1. The summed E-state index contributed by atoms with van der Waals surface area (Å²) in [5.41, 5.74) is -2.62. The van der Waals surface area contributed by atoms with Gasteiger partial charge in [0.25, 0.3) is 21.2 Å². The van der Waals surface area contributed by atoms with E-state index in [0.717, 1.165) is 0 Å². The highest BCUT2D eigenvalue weighted by atomic mass is 35.7. The van der Waals surface area contributed by atoms with Gasteiger partial charge in [0.2, 0.25) is 0 Å². The lowest BCUT2D eigenvalue weighted by atomic mass is 10.1. The number of alkyl halides is 2. The molecule has 96 valence electrons. The zero-order valence-electron chi connectivity index (χ0n) is 8.30. The van der Waals surface area contributed by atoms with Crippen molar-refractivity contribution in [2.45, 2.75) is 11.3 Å². The van der Waals surface area contributed by atoms with Crippen LogP contribution in [0.1, 0.15) is 17.6 Å². The van der Waals surface area contributed by atoms with E-state index in [1.54, 1.807) is 0 Å². The first-order valence-electron chi connectivity index (χ1n) is 4.13. The summed E-state index contributed by atoms with van der Waals surface area (Å²) >= 11 is 0. The number of hydrogen-bond acceptors (Lipinski definition) is 5. The average molecular weight is 297 g/mol. The molecule has 1 aromatic carbocycles. The van der Waals surface area contributed by atoms with Crippen molar-refractivity contribution in [1.29, 1.82) is 5.26 Å². The van der Waals surface area contributed by atoms with Gasteiger partial charge in [0, 0.05) is 22.3 Å². The minimum absolute atomic E-state index is 0.350. The summed E-state index contributed by atoms with van der Waals surface area (Å²) in [6.07, 6.45) is -3.23. The maximum atomic E-state index is 12.6. The maximum absolute atomic E-state index is 12.6. The van der Waals surface area contributed by atoms with Crippen LogP contribution in [-0.2, 0) is 9.05 Å². The molecule has 10 heteroatoms. The van der Waals surface area contributed by atoms with E-state index in [-0.39, 0.29) is 0 Å². The van der Waals surface area contributed by atoms with Gasteiger partial charge >= 0.3 is 0 Å². The van der Waals surface area contributed by atoms with E-state index in [9.17, 15) is 27.3 Å². The molecule has 0 spiro atoms. The van der Waals surface area contributed by atoms with Crippen molar-refractivity contribution in [2.75, 3.05) is 0 Å². The Morgan fingerprint density at radius 3 is 2.33 bits per heavy atom. The van der Waals surface area contributed by atoms with Crippen LogP contribution in [0, 0.1) is 21.4 Å². The maximum Gasteiger partial charge on any atom is 0.288 e. The fourth-order valence-electron chi connectivity index (χ4n) is 1.21. The molecule has 0 unspecified atom stereocenters. The zero-order valence-corrected chi connectivity index (χ0v) is 9.87. The summed E-state index contributed by atoms with van der Waals surface area (Å²) in [4.78, 5) is 8.44. The average Bonchev–Trinajstić information content (AvgIpc) is 2.25. The van der Waals surface area contributed by atoms with Gasteiger partial charge in [0.1, 0.15) is 11.6 Å². The number of nitriles is 1. The molecule has 18 heavy (non-hydrogen) atoms. The topological polar surface area (TPSA) is 101 Å². The van der Waals surface area contributed by atoms with Crippen LogP contribution in [0.25, 0.3) is 0 Å². The lowest BCUT2D eigenvalue weighted by molar-refractivity contribution is -0.385. The van der Waals surface area contributed by atoms with Crippen molar-refractivity contribution < 1.29 is 22.1 Å². The Morgan fingerprint density at radius 1 is 1.44 bits per heavy atom. The van der Waals surface area contributed by atoms with E-state index in [1.165, 1.54) is 6.07 Å². The smallest absolute Gasteiger partial charge is 0.258 e. The molecule has 0 aliphatic carbocycles. The van der Waals surface area contributed by atoms with Crippen LogP contribution >= 0.6 is 10.7 Å². The monoisotopic (exact) mass is 296 g/mol. The number of hydrogen-bond donors (Lipinski definition) is 0. The normalized spacial score (nSPS) is 11.3. The van der Waals surface area contributed by atoms with Crippen molar-refractivity contribution in [2.24, 2.45) is 0 Å². The predicted octanol–water partition coefficient (Wildman–Crippen LogP) is 2.33. The lowest BCUT2D eigenvalue weighted by Gasteiger charge is -2.06. The highest BCUT2D eigenvalue weighted by Gasteiger charge is 2.28. The quantitative estimate of drug-likeness (QED) is 0.484.